The van der Waals surface area contributed by atoms with Crippen LogP contribution in [0.2, 0.25) is 0 Å². The minimum atomic E-state index is -0.0981. The number of nitrogens with one attached hydrogen (secondary N) is 3. The zero-order chi connectivity index (χ0) is 15.2. The highest BCUT2D eigenvalue weighted by Gasteiger charge is 2.20. The second-order valence-electron chi connectivity index (χ2n) is 5.71. The predicted octanol–water partition coefficient (Wildman–Crippen LogP) is 2.78. The minimum Gasteiger partial charge on any atom is -0.326 e. The predicted molar refractivity (Wildman–Crippen MR) is 91.4 cm³/mol. The van der Waals surface area contributed by atoms with Gasteiger partial charge in [-0.3, -0.25) is 9.59 Å². The Bertz CT molecular complexity index is 497. The fraction of sp³-hybridized carbons (Fsp3) is 0.500. The van der Waals surface area contributed by atoms with Crippen LogP contribution in [0.3, 0.4) is 0 Å². The summed E-state index contributed by atoms with van der Waals surface area (Å²) >= 11 is 0. The summed E-state index contributed by atoms with van der Waals surface area (Å²) in [5, 5.41) is 8.94. The lowest BCUT2D eigenvalue weighted by Gasteiger charge is -2.22. The van der Waals surface area contributed by atoms with Gasteiger partial charge >= 0.3 is 0 Å². The van der Waals surface area contributed by atoms with Crippen molar-refractivity contribution in [1.29, 1.82) is 0 Å². The maximum absolute atomic E-state index is 12.1. The minimum absolute atomic E-state index is 0. The van der Waals surface area contributed by atoms with Crippen molar-refractivity contribution in [2.75, 3.05) is 17.2 Å². The Labute approximate surface area is 137 Å². The summed E-state index contributed by atoms with van der Waals surface area (Å²) in [7, 11) is 0. The molecule has 2 amide bonds. The molecule has 2 rings (SSSR count). The van der Waals surface area contributed by atoms with Gasteiger partial charge in [-0.25, -0.2) is 0 Å². The third-order valence-electron chi connectivity index (χ3n) is 3.57. The molecule has 1 unspecified atom stereocenters. The number of hydrogen-bond donors (Lipinski definition) is 3. The number of hydrogen-bond acceptors (Lipinski definition) is 3. The first-order valence-corrected chi connectivity index (χ1v) is 7.51. The Morgan fingerprint density at radius 1 is 1.09 bits per heavy atom. The van der Waals surface area contributed by atoms with Crippen LogP contribution in [0.25, 0.3) is 0 Å². The fourth-order valence-electron chi connectivity index (χ4n) is 2.23. The SMILES string of the molecule is CC(C)C(=O)Nc1ccc(NC(=O)C2CCCCN2)cc1.Cl. The van der Waals surface area contributed by atoms with E-state index in [0.29, 0.717) is 0 Å². The topological polar surface area (TPSA) is 70.2 Å². The molecule has 5 nitrogen and oxygen atoms in total. The average molecular weight is 326 g/mol. The summed E-state index contributed by atoms with van der Waals surface area (Å²) in [6, 6.07) is 7.10. The highest BCUT2D eigenvalue weighted by atomic mass is 35.5. The van der Waals surface area contributed by atoms with Crippen molar-refractivity contribution in [3.05, 3.63) is 24.3 Å². The van der Waals surface area contributed by atoms with Crippen LogP contribution < -0.4 is 16.0 Å². The van der Waals surface area contributed by atoms with Gasteiger partial charge in [-0.2, -0.15) is 0 Å². The number of rotatable bonds is 4. The molecule has 122 valence electrons. The molecular weight excluding hydrogens is 302 g/mol. The van der Waals surface area contributed by atoms with Crippen LogP contribution in [0, 0.1) is 5.92 Å². The quantitative estimate of drug-likeness (QED) is 0.797. The molecule has 1 fully saturated rings. The van der Waals surface area contributed by atoms with Crippen LogP contribution in [-0.4, -0.2) is 24.4 Å². The van der Waals surface area contributed by atoms with Crippen molar-refractivity contribution >= 4 is 35.6 Å². The number of benzene rings is 1. The largest absolute Gasteiger partial charge is 0.326 e. The van der Waals surface area contributed by atoms with Crippen molar-refractivity contribution in [3.63, 3.8) is 0 Å². The van der Waals surface area contributed by atoms with Crippen molar-refractivity contribution in [2.45, 2.75) is 39.2 Å². The van der Waals surface area contributed by atoms with Crippen LogP contribution >= 0.6 is 12.4 Å². The van der Waals surface area contributed by atoms with Crippen LogP contribution in [0.5, 0.6) is 0 Å². The van der Waals surface area contributed by atoms with Crippen molar-refractivity contribution in [1.82, 2.24) is 5.32 Å². The molecule has 1 aliphatic heterocycles. The molecule has 0 aliphatic carbocycles. The van der Waals surface area contributed by atoms with Gasteiger partial charge in [-0.15, -0.1) is 12.4 Å². The lowest BCUT2D eigenvalue weighted by Crippen LogP contribution is -2.43. The molecule has 3 N–H and O–H groups in total. The highest BCUT2D eigenvalue weighted by molar-refractivity contribution is 5.96. The molecule has 0 bridgehead atoms. The summed E-state index contributed by atoms with van der Waals surface area (Å²) in [5.74, 6) is -0.0615. The van der Waals surface area contributed by atoms with E-state index < -0.39 is 0 Å². The normalized spacial score (nSPS) is 17.5. The molecule has 1 saturated heterocycles. The van der Waals surface area contributed by atoms with E-state index in [1.807, 2.05) is 13.8 Å². The third-order valence-corrected chi connectivity index (χ3v) is 3.57. The van der Waals surface area contributed by atoms with Gasteiger partial charge in [-0.1, -0.05) is 20.3 Å². The summed E-state index contributed by atoms with van der Waals surface area (Å²) in [4.78, 5) is 23.7. The summed E-state index contributed by atoms with van der Waals surface area (Å²) in [6.45, 7) is 4.60. The molecule has 0 radical (unpaired) electrons. The lowest BCUT2D eigenvalue weighted by molar-refractivity contribution is -0.119. The van der Waals surface area contributed by atoms with E-state index in [-0.39, 0.29) is 36.2 Å². The molecule has 1 aliphatic rings. The summed E-state index contributed by atoms with van der Waals surface area (Å²) in [5.41, 5.74) is 1.48. The lowest BCUT2D eigenvalue weighted by atomic mass is 10.0. The standard InChI is InChI=1S/C16H23N3O2.ClH/c1-11(2)15(20)18-12-6-8-13(9-7-12)19-16(21)14-5-3-4-10-17-14;/h6-9,11,14,17H,3-5,10H2,1-2H3,(H,18,20)(H,19,21);1H. The van der Waals surface area contributed by atoms with Crippen LogP contribution in [0.4, 0.5) is 11.4 Å². The Morgan fingerprint density at radius 3 is 2.18 bits per heavy atom. The van der Waals surface area contributed by atoms with E-state index in [2.05, 4.69) is 16.0 Å². The highest BCUT2D eigenvalue weighted by Crippen LogP contribution is 2.16. The third kappa shape index (κ3) is 5.31. The monoisotopic (exact) mass is 325 g/mol. The van der Waals surface area contributed by atoms with Crippen molar-refractivity contribution in [2.24, 2.45) is 5.92 Å². The van der Waals surface area contributed by atoms with Gasteiger partial charge in [0.25, 0.3) is 0 Å². The van der Waals surface area contributed by atoms with E-state index >= 15 is 0 Å². The van der Waals surface area contributed by atoms with Crippen LogP contribution in [0.15, 0.2) is 24.3 Å². The average Bonchev–Trinajstić information content (AvgIpc) is 2.50. The summed E-state index contributed by atoms with van der Waals surface area (Å²) < 4.78 is 0. The van der Waals surface area contributed by atoms with Crippen LogP contribution in [0.1, 0.15) is 33.1 Å². The van der Waals surface area contributed by atoms with Gasteiger partial charge in [0.15, 0.2) is 0 Å². The number of halogens is 1. The van der Waals surface area contributed by atoms with Gasteiger partial charge in [0, 0.05) is 17.3 Å². The maximum Gasteiger partial charge on any atom is 0.241 e. The Hall–Kier alpha value is -1.59. The second kappa shape index (κ2) is 8.76. The number of carbonyl (C=O) groups excluding carboxylic acids is 2. The first-order valence-electron chi connectivity index (χ1n) is 7.51. The Balaban J connectivity index is 0.00000242. The first kappa shape index (κ1) is 18.5. The molecule has 1 atom stereocenters. The van der Waals surface area contributed by atoms with Crippen molar-refractivity contribution < 1.29 is 9.59 Å². The molecule has 6 heteroatoms. The van der Waals surface area contributed by atoms with E-state index in [4.69, 9.17) is 0 Å². The molecule has 1 heterocycles. The Morgan fingerprint density at radius 2 is 1.68 bits per heavy atom. The molecular formula is C16H24ClN3O2. The van der Waals surface area contributed by atoms with E-state index in [1.165, 1.54) is 0 Å². The Kier molecular flexibility index (Phi) is 7.35. The maximum atomic E-state index is 12.1. The number of anilines is 2. The zero-order valence-electron chi connectivity index (χ0n) is 13.0. The van der Waals surface area contributed by atoms with E-state index in [9.17, 15) is 9.59 Å². The van der Waals surface area contributed by atoms with E-state index in [1.54, 1.807) is 24.3 Å². The molecule has 0 spiro atoms. The van der Waals surface area contributed by atoms with Gasteiger partial charge in [0.1, 0.15) is 0 Å². The molecule has 0 aromatic heterocycles. The smallest absolute Gasteiger partial charge is 0.241 e. The molecule has 1 aromatic rings. The van der Waals surface area contributed by atoms with Crippen LogP contribution in [-0.2, 0) is 9.59 Å². The number of piperidine rings is 1. The molecule has 1 aromatic carbocycles. The van der Waals surface area contributed by atoms with Gasteiger partial charge in [0.2, 0.25) is 11.8 Å². The first-order chi connectivity index (χ1) is 10.1. The zero-order valence-corrected chi connectivity index (χ0v) is 13.8. The molecule has 22 heavy (non-hydrogen) atoms. The van der Waals surface area contributed by atoms with Gasteiger partial charge < -0.3 is 16.0 Å². The van der Waals surface area contributed by atoms with Gasteiger partial charge in [0.05, 0.1) is 6.04 Å². The van der Waals surface area contributed by atoms with Crippen molar-refractivity contribution in [3.8, 4) is 0 Å². The second-order valence-corrected chi connectivity index (χ2v) is 5.71. The van der Waals surface area contributed by atoms with E-state index in [0.717, 1.165) is 37.2 Å². The van der Waals surface area contributed by atoms with Gasteiger partial charge in [-0.05, 0) is 43.7 Å². The fourth-order valence-corrected chi connectivity index (χ4v) is 2.23. The molecule has 0 saturated carbocycles. The number of carbonyl (C=O) groups is 2. The number of amides is 2. The summed E-state index contributed by atoms with van der Waals surface area (Å²) in [6.07, 6.45) is 3.10.